The largest absolute Gasteiger partial charge is 0.117 e. The molecule has 108 valence electrons. The SMILES string of the molecule is Cc1ccc(C(Cl)C2C3CC4CC(C3)CC2C4)cc1C. The van der Waals surface area contributed by atoms with E-state index in [0.29, 0.717) is 0 Å². The lowest BCUT2D eigenvalue weighted by atomic mass is 9.51. The Hall–Kier alpha value is -0.490. The fourth-order valence-corrected chi connectivity index (χ4v) is 6.15. The summed E-state index contributed by atoms with van der Waals surface area (Å²) < 4.78 is 0. The van der Waals surface area contributed by atoms with Crippen molar-refractivity contribution < 1.29 is 0 Å². The van der Waals surface area contributed by atoms with Crippen molar-refractivity contribution in [1.29, 1.82) is 0 Å². The molecule has 0 amide bonds. The Morgan fingerprint density at radius 2 is 1.50 bits per heavy atom. The van der Waals surface area contributed by atoms with Crippen molar-refractivity contribution in [3.63, 3.8) is 0 Å². The summed E-state index contributed by atoms with van der Waals surface area (Å²) >= 11 is 6.97. The van der Waals surface area contributed by atoms with Gasteiger partial charge in [0, 0.05) is 0 Å². The van der Waals surface area contributed by atoms with Crippen LogP contribution in [0.25, 0.3) is 0 Å². The number of aryl methyl sites for hydroxylation is 2. The van der Waals surface area contributed by atoms with Gasteiger partial charge < -0.3 is 0 Å². The summed E-state index contributed by atoms with van der Waals surface area (Å²) in [6, 6.07) is 6.85. The van der Waals surface area contributed by atoms with Gasteiger partial charge in [0.05, 0.1) is 5.38 Å². The van der Waals surface area contributed by atoms with Gasteiger partial charge in [-0.15, -0.1) is 11.6 Å². The Morgan fingerprint density at radius 3 is 2.05 bits per heavy atom. The first kappa shape index (κ1) is 13.2. The summed E-state index contributed by atoms with van der Waals surface area (Å²) in [6.45, 7) is 4.39. The van der Waals surface area contributed by atoms with Gasteiger partial charge in [0.25, 0.3) is 0 Å². The molecule has 4 bridgehead atoms. The smallest absolute Gasteiger partial charge is 0.0618 e. The van der Waals surface area contributed by atoms with Crippen LogP contribution in [0, 0.1) is 43.4 Å². The molecule has 0 heterocycles. The van der Waals surface area contributed by atoms with Crippen LogP contribution in [0.15, 0.2) is 18.2 Å². The first-order valence-electron chi connectivity index (χ1n) is 8.33. The summed E-state index contributed by atoms with van der Waals surface area (Å²) in [5.41, 5.74) is 4.13. The first-order chi connectivity index (χ1) is 9.61. The number of hydrogen-bond donors (Lipinski definition) is 0. The maximum absolute atomic E-state index is 6.97. The van der Waals surface area contributed by atoms with Crippen molar-refractivity contribution in [1.82, 2.24) is 0 Å². The molecular weight excluding hydrogens is 264 g/mol. The second kappa shape index (κ2) is 4.77. The van der Waals surface area contributed by atoms with Crippen molar-refractivity contribution in [2.45, 2.75) is 51.3 Å². The molecule has 4 aliphatic rings. The Labute approximate surface area is 127 Å². The lowest BCUT2D eigenvalue weighted by Crippen LogP contribution is -2.46. The summed E-state index contributed by atoms with van der Waals surface area (Å²) in [5.74, 6) is 4.65. The van der Waals surface area contributed by atoms with E-state index in [2.05, 4.69) is 32.0 Å². The minimum Gasteiger partial charge on any atom is -0.117 e. The average molecular weight is 289 g/mol. The molecule has 0 radical (unpaired) electrons. The molecule has 0 aromatic heterocycles. The van der Waals surface area contributed by atoms with Crippen LogP contribution in [-0.4, -0.2) is 0 Å². The third kappa shape index (κ3) is 2.03. The van der Waals surface area contributed by atoms with Crippen molar-refractivity contribution in [3.8, 4) is 0 Å². The second-order valence-electron chi connectivity index (χ2n) is 7.75. The van der Waals surface area contributed by atoms with Gasteiger partial charge in [-0.05, 0) is 92.2 Å². The molecule has 1 aromatic carbocycles. The Balaban J connectivity index is 1.62. The summed E-state index contributed by atoms with van der Waals surface area (Å²) in [6.07, 6.45) is 7.38. The topological polar surface area (TPSA) is 0 Å². The molecule has 0 N–H and O–H groups in total. The zero-order valence-electron chi connectivity index (χ0n) is 12.6. The van der Waals surface area contributed by atoms with Gasteiger partial charge in [-0.2, -0.15) is 0 Å². The highest BCUT2D eigenvalue weighted by atomic mass is 35.5. The highest BCUT2D eigenvalue weighted by Gasteiger charge is 2.50. The van der Waals surface area contributed by atoms with Crippen molar-refractivity contribution in [2.24, 2.45) is 29.6 Å². The Morgan fingerprint density at radius 1 is 0.900 bits per heavy atom. The van der Waals surface area contributed by atoms with Crippen molar-refractivity contribution >= 4 is 11.6 Å². The van der Waals surface area contributed by atoms with E-state index in [9.17, 15) is 0 Å². The lowest BCUT2D eigenvalue weighted by Gasteiger charge is -2.55. The molecular formula is C19H25Cl. The minimum atomic E-state index is 0.240. The van der Waals surface area contributed by atoms with E-state index in [4.69, 9.17) is 11.6 Å². The van der Waals surface area contributed by atoms with E-state index in [1.165, 1.54) is 48.8 Å². The summed E-state index contributed by atoms with van der Waals surface area (Å²) in [7, 11) is 0. The number of benzene rings is 1. The maximum atomic E-state index is 6.97. The molecule has 0 aliphatic heterocycles. The zero-order valence-corrected chi connectivity index (χ0v) is 13.4. The van der Waals surface area contributed by atoms with E-state index in [0.717, 1.165) is 29.6 Å². The molecule has 4 fully saturated rings. The fraction of sp³-hybridized carbons (Fsp3) is 0.684. The molecule has 1 atom stereocenters. The van der Waals surface area contributed by atoms with E-state index < -0.39 is 0 Å². The molecule has 0 spiro atoms. The van der Waals surface area contributed by atoms with Crippen LogP contribution in [0.4, 0.5) is 0 Å². The number of alkyl halides is 1. The molecule has 20 heavy (non-hydrogen) atoms. The molecule has 5 rings (SSSR count). The Kier molecular flexibility index (Phi) is 3.14. The quantitative estimate of drug-likeness (QED) is 0.616. The van der Waals surface area contributed by atoms with Gasteiger partial charge in [0.2, 0.25) is 0 Å². The molecule has 1 heteroatoms. The standard InChI is InChI=1S/C19H25Cl/c1-11-3-4-15(5-12(11)2)19(20)18-16-7-13-6-14(9-16)10-17(18)8-13/h3-5,13-14,16-19H,6-10H2,1-2H3. The van der Waals surface area contributed by atoms with E-state index >= 15 is 0 Å². The summed E-state index contributed by atoms with van der Waals surface area (Å²) in [5, 5.41) is 0.240. The molecule has 1 aromatic rings. The molecule has 4 saturated carbocycles. The number of halogens is 1. The van der Waals surface area contributed by atoms with Crippen LogP contribution in [-0.2, 0) is 0 Å². The van der Waals surface area contributed by atoms with E-state index in [1.807, 2.05) is 0 Å². The number of hydrogen-bond acceptors (Lipinski definition) is 0. The van der Waals surface area contributed by atoms with E-state index in [1.54, 1.807) is 0 Å². The predicted molar refractivity (Wildman–Crippen MR) is 85.0 cm³/mol. The Bertz CT molecular complexity index is 490. The molecule has 0 saturated heterocycles. The first-order valence-corrected chi connectivity index (χ1v) is 8.76. The zero-order chi connectivity index (χ0) is 13.9. The monoisotopic (exact) mass is 288 g/mol. The fourth-order valence-electron chi connectivity index (χ4n) is 5.60. The third-order valence-electron chi connectivity index (χ3n) is 6.49. The number of rotatable bonds is 2. The average Bonchev–Trinajstić information content (AvgIpc) is 2.40. The van der Waals surface area contributed by atoms with Crippen molar-refractivity contribution in [2.75, 3.05) is 0 Å². The van der Waals surface area contributed by atoms with Crippen LogP contribution in [0.2, 0.25) is 0 Å². The molecule has 0 nitrogen and oxygen atoms in total. The summed E-state index contributed by atoms with van der Waals surface area (Å²) in [4.78, 5) is 0. The highest BCUT2D eigenvalue weighted by molar-refractivity contribution is 6.21. The van der Waals surface area contributed by atoms with Gasteiger partial charge in [-0.25, -0.2) is 0 Å². The van der Waals surface area contributed by atoms with Crippen LogP contribution >= 0.6 is 11.6 Å². The second-order valence-corrected chi connectivity index (χ2v) is 8.22. The third-order valence-corrected chi connectivity index (χ3v) is 7.03. The molecule has 1 unspecified atom stereocenters. The van der Waals surface area contributed by atoms with Crippen LogP contribution < -0.4 is 0 Å². The highest BCUT2D eigenvalue weighted by Crippen LogP contribution is 2.60. The van der Waals surface area contributed by atoms with Crippen LogP contribution in [0.3, 0.4) is 0 Å². The van der Waals surface area contributed by atoms with E-state index in [-0.39, 0.29) is 5.38 Å². The van der Waals surface area contributed by atoms with Crippen molar-refractivity contribution in [3.05, 3.63) is 34.9 Å². The van der Waals surface area contributed by atoms with Gasteiger partial charge in [0.1, 0.15) is 0 Å². The maximum Gasteiger partial charge on any atom is 0.0618 e. The van der Waals surface area contributed by atoms with Gasteiger partial charge >= 0.3 is 0 Å². The normalized spacial score (nSPS) is 40.0. The predicted octanol–water partition coefficient (Wildman–Crippen LogP) is 5.66. The van der Waals surface area contributed by atoms with Gasteiger partial charge in [-0.1, -0.05) is 18.2 Å². The lowest BCUT2D eigenvalue weighted by molar-refractivity contribution is -0.0381. The van der Waals surface area contributed by atoms with Gasteiger partial charge in [-0.3, -0.25) is 0 Å². The van der Waals surface area contributed by atoms with Gasteiger partial charge in [0.15, 0.2) is 0 Å². The van der Waals surface area contributed by atoms with Crippen LogP contribution in [0.5, 0.6) is 0 Å². The minimum absolute atomic E-state index is 0.240. The molecule has 4 aliphatic carbocycles. The van der Waals surface area contributed by atoms with Crippen LogP contribution in [0.1, 0.15) is 54.2 Å².